The number of allylic oxidation sites excluding steroid dienone is 2. The van der Waals surface area contributed by atoms with E-state index in [4.69, 9.17) is 4.98 Å². The molecule has 1 aliphatic rings. The van der Waals surface area contributed by atoms with Gasteiger partial charge in [0.05, 0.1) is 11.3 Å². The van der Waals surface area contributed by atoms with Crippen LogP contribution in [0.5, 0.6) is 0 Å². The number of carbonyl (C=O) groups is 1. The van der Waals surface area contributed by atoms with Crippen molar-refractivity contribution < 1.29 is 30.0 Å². The summed E-state index contributed by atoms with van der Waals surface area (Å²) in [6.45, 7) is 5.11. The van der Waals surface area contributed by atoms with Gasteiger partial charge >= 0.3 is 0 Å². The van der Waals surface area contributed by atoms with Crippen molar-refractivity contribution in [3.8, 4) is 33.5 Å². The van der Waals surface area contributed by atoms with Crippen molar-refractivity contribution in [2.24, 2.45) is 0 Å². The molecule has 195 valence electrons. The van der Waals surface area contributed by atoms with E-state index in [1.807, 2.05) is 42.5 Å². The molecule has 0 saturated carbocycles. The van der Waals surface area contributed by atoms with E-state index in [-0.39, 0.29) is 31.6 Å². The van der Waals surface area contributed by atoms with Gasteiger partial charge in [-0.1, -0.05) is 79.4 Å². The summed E-state index contributed by atoms with van der Waals surface area (Å²) in [4.78, 5) is 15.6. The molecule has 5 aromatic rings. The number of aliphatic hydroxyl groups is 1. The third kappa shape index (κ3) is 6.31. The molecule has 1 N–H and O–H groups in total. The molecule has 0 amide bonds. The number of aryl methyl sites for hydroxylation is 1. The third-order valence-electron chi connectivity index (χ3n) is 6.58. The van der Waals surface area contributed by atoms with Crippen LogP contribution in [-0.4, -0.2) is 15.9 Å². The summed E-state index contributed by atoms with van der Waals surface area (Å²) < 4.78 is 0. The van der Waals surface area contributed by atoms with Crippen LogP contribution in [0.25, 0.3) is 50.5 Å². The van der Waals surface area contributed by atoms with Crippen molar-refractivity contribution in [1.82, 2.24) is 4.98 Å². The SMILES string of the molecule is C=Cc1ccc(CCC(O)=CC(C)=O)cc1.[Ir].[c-]1ccccc1-c1cc2c3c(cccc3n1)-c1ccccc1-2. The molecule has 0 atom stereocenters. The molecule has 0 aliphatic heterocycles. The molecule has 1 radical (unpaired) electrons. The van der Waals surface area contributed by atoms with E-state index in [1.165, 1.54) is 40.6 Å². The number of hydrogen-bond acceptors (Lipinski definition) is 3. The molecule has 6 rings (SSSR count). The third-order valence-corrected chi connectivity index (χ3v) is 6.58. The monoisotopic (exact) mass is 687 g/mol. The molecule has 1 aromatic heterocycles. The number of hydrogen-bond donors (Lipinski definition) is 1. The molecule has 0 fully saturated rings. The zero-order valence-corrected chi connectivity index (χ0v) is 24.0. The number of fused-ring (bicyclic) bond motifs is 3. The number of pyridine rings is 1. The second-order valence-electron chi connectivity index (χ2n) is 9.27. The van der Waals surface area contributed by atoms with E-state index >= 15 is 0 Å². The van der Waals surface area contributed by atoms with Crippen LogP contribution in [0.3, 0.4) is 0 Å². The van der Waals surface area contributed by atoms with Gasteiger partial charge in [-0.05, 0) is 58.5 Å². The molecule has 4 heteroatoms. The summed E-state index contributed by atoms with van der Waals surface area (Å²) in [6, 6.07) is 36.4. The summed E-state index contributed by atoms with van der Waals surface area (Å²) in [5.74, 6) is 0.0137. The Bertz CT molecular complexity index is 1650. The molecule has 39 heavy (non-hydrogen) atoms. The van der Waals surface area contributed by atoms with Crippen LogP contribution < -0.4 is 0 Å². The van der Waals surface area contributed by atoms with Crippen molar-refractivity contribution in [2.45, 2.75) is 19.8 Å². The molecular weight excluding hydrogens is 659 g/mol. The summed E-state index contributed by atoms with van der Waals surface area (Å²) in [5.41, 5.74) is 10.5. The molecule has 1 aliphatic carbocycles. The number of rotatable bonds is 6. The van der Waals surface area contributed by atoms with Crippen LogP contribution in [-0.2, 0) is 31.3 Å². The van der Waals surface area contributed by atoms with Gasteiger partial charge in [-0.25, -0.2) is 0 Å². The van der Waals surface area contributed by atoms with E-state index in [9.17, 15) is 9.90 Å². The largest absolute Gasteiger partial charge is 0.512 e. The first-order chi connectivity index (χ1) is 18.5. The molecule has 0 spiro atoms. The van der Waals surface area contributed by atoms with Gasteiger partial charge in [-0.2, -0.15) is 0 Å². The second kappa shape index (κ2) is 12.6. The maximum absolute atomic E-state index is 10.7. The van der Waals surface area contributed by atoms with Gasteiger partial charge in [0.25, 0.3) is 0 Å². The summed E-state index contributed by atoms with van der Waals surface area (Å²) >= 11 is 0. The predicted octanol–water partition coefficient (Wildman–Crippen LogP) is 8.64. The zero-order valence-electron chi connectivity index (χ0n) is 21.6. The van der Waals surface area contributed by atoms with Crippen molar-refractivity contribution in [1.29, 1.82) is 0 Å². The van der Waals surface area contributed by atoms with E-state index in [0.29, 0.717) is 6.42 Å². The van der Waals surface area contributed by atoms with Gasteiger partial charge < -0.3 is 5.11 Å². The summed E-state index contributed by atoms with van der Waals surface area (Å²) in [7, 11) is 0. The predicted molar refractivity (Wildman–Crippen MR) is 157 cm³/mol. The Morgan fingerprint density at radius 2 is 1.59 bits per heavy atom. The standard InChI is InChI=1S/C21H12N.C14H16O2.Ir/c1-2-7-14(8-3-1)20-13-18-16-10-5-4-9-15(16)17-11-6-12-19(22-20)21(17)18;1-3-12-4-6-13(7-5-12)8-9-14(16)10-11(2)15;/h1-7,9-13H;3-7,10,16H,1,8-9H2,2H3;/q-1;;. The smallest absolute Gasteiger partial charge is 0.155 e. The molecular formula is C35H28IrNO2-. The van der Waals surface area contributed by atoms with E-state index < -0.39 is 0 Å². The first-order valence-electron chi connectivity index (χ1n) is 12.7. The second-order valence-corrected chi connectivity index (χ2v) is 9.27. The quantitative estimate of drug-likeness (QED) is 0.108. The van der Waals surface area contributed by atoms with Gasteiger partial charge in [0.15, 0.2) is 5.78 Å². The van der Waals surface area contributed by atoms with Crippen molar-refractivity contribution >= 4 is 22.8 Å². The average Bonchev–Trinajstić information content (AvgIpc) is 3.28. The first-order valence-corrected chi connectivity index (χ1v) is 12.7. The van der Waals surface area contributed by atoms with E-state index in [2.05, 4.69) is 67.2 Å². The van der Waals surface area contributed by atoms with Crippen LogP contribution in [0.4, 0.5) is 0 Å². The fourth-order valence-electron chi connectivity index (χ4n) is 4.77. The van der Waals surface area contributed by atoms with Crippen LogP contribution in [0.15, 0.2) is 115 Å². The van der Waals surface area contributed by atoms with Gasteiger partial charge in [0, 0.05) is 38.0 Å². The Labute approximate surface area is 242 Å². The molecule has 0 bridgehead atoms. The Morgan fingerprint density at radius 3 is 2.26 bits per heavy atom. The number of aliphatic hydroxyl groups excluding tert-OH is 1. The van der Waals surface area contributed by atoms with Crippen LogP contribution in [0.2, 0.25) is 0 Å². The normalized spacial score (nSPS) is 11.2. The first kappa shape index (κ1) is 27.9. The van der Waals surface area contributed by atoms with E-state index in [0.717, 1.165) is 34.3 Å². The fraction of sp³-hybridized carbons (Fsp3) is 0.0857. The van der Waals surface area contributed by atoms with Gasteiger partial charge in [0.1, 0.15) is 0 Å². The van der Waals surface area contributed by atoms with Crippen molar-refractivity contribution in [3.63, 3.8) is 0 Å². The Hall–Kier alpha value is -4.11. The van der Waals surface area contributed by atoms with Crippen LogP contribution >= 0.6 is 0 Å². The Balaban J connectivity index is 0.000000187. The maximum Gasteiger partial charge on any atom is 0.155 e. The number of benzene rings is 4. The summed E-state index contributed by atoms with van der Waals surface area (Å²) in [6.07, 6.45) is 4.27. The van der Waals surface area contributed by atoms with Gasteiger partial charge in [-0.15, -0.1) is 35.9 Å². The minimum Gasteiger partial charge on any atom is -0.512 e. The molecule has 4 aromatic carbocycles. The van der Waals surface area contributed by atoms with E-state index in [1.54, 1.807) is 6.08 Å². The van der Waals surface area contributed by atoms with Crippen LogP contribution in [0, 0.1) is 6.07 Å². The van der Waals surface area contributed by atoms with Crippen molar-refractivity contribution in [3.05, 3.63) is 133 Å². The minimum absolute atomic E-state index is 0. The molecule has 0 saturated heterocycles. The van der Waals surface area contributed by atoms with Gasteiger partial charge in [0.2, 0.25) is 0 Å². The Morgan fingerprint density at radius 1 is 0.897 bits per heavy atom. The maximum atomic E-state index is 10.7. The molecule has 0 unspecified atom stereocenters. The van der Waals surface area contributed by atoms with Crippen molar-refractivity contribution in [2.75, 3.05) is 0 Å². The Kier molecular flexibility index (Phi) is 9.03. The molecule has 3 nitrogen and oxygen atoms in total. The number of ketones is 1. The molecule has 1 heterocycles. The number of nitrogens with zero attached hydrogens (tertiary/aromatic N) is 1. The fourth-order valence-corrected chi connectivity index (χ4v) is 4.77. The average molecular weight is 687 g/mol. The van der Waals surface area contributed by atoms with Crippen LogP contribution in [0.1, 0.15) is 24.5 Å². The minimum atomic E-state index is -0.125. The number of aromatic nitrogens is 1. The van der Waals surface area contributed by atoms with Gasteiger partial charge in [-0.3, -0.25) is 9.78 Å². The topological polar surface area (TPSA) is 50.2 Å². The number of carbonyl (C=O) groups excluding carboxylic acids is 1. The summed E-state index contributed by atoms with van der Waals surface area (Å²) in [5, 5.41) is 10.7. The zero-order chi connectivity index (χ0) is 26.5.